The average Bonchev–Trinajstić information content (AvgIpc) is 3.16. The van der Waals surface area contributed by atoms with Crippen LogP contribution in [-0.2, 0) is 9.53 Å². The van der Waals surface area contributed by atoms with E-state index in [4.69, 9.17) is 9.15 Å². The topological polar surface area (TPSA) is 68.5 Å². The molecule has 1 aliphatic carbocycles. The van der Waals surface area contributed by atoms with Crippen LogP contribution < -0.4 is 5.32 Å². The third-order valence-corrected chi connectivity index (χ3v) is 4.52. The van der Waals surface area contributed by atoms with Crippen LogP contribution in [0.4, 0.5) is 0 Å². The summed E-state index contributed by atoms with van der Waals surface area (Å²) in [6.45, 7) is 1.97. The zero-order valence-electron chi connectivity index (χ0n) is 14.4. The van der Waals surface area contributed by atoms with Crippen molar-refractivity contribution in [2.45, 2.75) is 51.2 Å². The van der Waals surface area contributed by atoms with E-state index in [-0.39, 0.29) is 17.7 Å². The molecule has 0 aliphatic heterocycles. The standard InChI is InChI=1S/C20H23NO4/c1-14-9-11-15(12-10-14)18(25-20(23)17-8-5-13-24-17)19(22)21-16-6-3-2-4-7-16/h5,8-13,16,18H,2-4,6-7H2,1H3,(H,21,22)/t18-/m0/s1. The number of hydrogen-bond acceptors (Lipinski definition) is 4. The van der Waals surface area contributed by atoms with E-state index in [1.54, 1.807) is 6.07 Å². The van der Waals surface area contributed by atoms with Crippen LogP contribution in [0.15, 0.2) is 47.1 Å². The fraction of sp³-hybridized carbons (Fsp3) is 0.400. The van der Waals surface area contributed by atoms with Crippen molar-refractivity contribution in [1.29, 1.82) is 0 Å². The van der Waals surface area contributed by atoms with Gasteiger partial charge >= 0.3 is 5.97 Å². The van der Waals surface area contributed by atoms with Crippen LogP contribution in [-0.4, -0.2) is 17.9 Å². The largest absolute Gasteiger partial charge is 0.457 e. The van der Waals surface area contributed by atoms with Gasteiger partial charge in [0.2, 0.25) is 11.9 Å². The molecule has 1 aromatic heterocycles. The van der Waals surface area contributed by atoms with Gasteiger partial charge in [-0.05, 0) is 31.9 Å². The lowest BCUT2D eigenvalue weighted by Gasteiger charge is -2.25. The van der Waals surface area contributed by atoms with E-state index in [9.17, 15) is 9.59 Å². The van der Waals surface area contributed by atoms with Gasteiger partial charge < -0.3 is 14.5 Å². The third kappa shape index (κ3) is 4.50. The van der Waals surface area contributed by atoms with Crippen molar-refractivity contribution in [1.82, 2.24) is 5.32 Å². The molecule has 132 valence electrons. The van der Waals surface area contributed by atoms with Gasteiger partial charge in [0, 0.05) is 11.6 Å². The molecule has 1 amide bonds. The Morgan fingerprint density at radius 3 is 2.48 bits per heavy atom. The Balaban J connectivity index is 1.76. The lowest BCUT2D eigenvalue weighted by molar-refractivity contribution is -0.131. The lowest BCUT2D eigenvalue weighted by Crippen LogP contribution is -2.40. The monoisotopic (exact) mass is 341 g/mol. The first-order valence-electron chi connectivity index (χ1n) is 8.75. The molecule has 1 atom stereocenters. The summed E-state index contributed by atoms with van der Waals surface area (Å²) in [6, 6.07) is 10.7. The highest BCUT2D eigenvalue weighted by Gasteiger charge is 2.28. The van der Waals surface area contributed by atoms with E-state index in [0.29, 0.717) is 5.56 Å². The molecular formula is C20H23NO4. The van der Waals surface area contributed by atoms with Gasteiger partial charge in [-0.2, -0.15) is 0 Å². The summed E-state index contributed by atoms with van der Waals surface area (Å²) in [5, 5.41) is 3.04. The van der Waals surface area contributed by atoms with Crippen LogP contribution in [0.25, 0.3) is 0 Å². The van der Waals surface area contributed by atoms with Crippen LogP contribution >= 0.6 is 0 Å². The molecule has 1 aliphatic rings. The summed E-state index contributed by atoms with van der Waals surface area (Å²) in [6.07, 6.45) is 5.80. The maximum absolute atomic E-state index is 12.8. The van der Waals surface area contributed by atoms with Crippen molar-refractivity contribution in [3.63, 3.8) is 0 Å². The number of furan rings is 1. The molecule has 25 heavy (non-hydrogen) atoms. The minimum Gasteiger partial charge on any atom is -0.457 e. The molecule has 1 N–H and O–H groups in total. The molecule has 0 radical (unpaired) electrons. The molecule has 1 heterocycles. The first kappa shape index (κ1) is 17.3. The van der Waals surface area contributed by atoms with Gasteiger partial charge in [-0.15, -0.1) is 0 Å². The van der Waals surface area contributed by atoms with E-state index in [2.05, 4.69) is 5.32 Å². The smallest absolute Gasteiger partial charge is 0.375 e. The Hall–Kier alpha value is -2.56. The molecule has 5 nitrogen and oxygen atoms in total. The van der Waals surface area contributed by atoms with Crippen LogP contribution in [0.5, 0.6) is 0 Å². The Labute approximate surface area is 147 Å². The van der Waals surface area contributed by atoms with E-state index in [1.165, 1.54) is 18.8 Å². The van der Waals surface area contributed by atoms with E-state index < -0.39 is 12.1 Å². The summed E-state index contributed by atoms with van der Waals surface area (Å²) in [4.78, 5) is 25.0. The van der Waals surface area contributed by atoms with Crippen molar-refractivity contribution in [3.8, 4) is 0 Å². The van der Waals surface area contributed by atoms with Gasteiger partial charge in [0.25, 0.3) is 5.91 Å². The molecule has 0 unspecified atom stereocenters. The van der Waals surface area contributed by atoms with Crippen LogP contribution in [0.1, 0.15) is 59.9 Å². The Bertz CT molecular complexity index is 700. The van der Waals surface area contributed by atoms with Crippen LogP contribution in [0, 0.1) is 6.92 Å². The fourth-order valence-electron chi connectivity index (χ4n) is 3.10. The molecule has 2 aromatic rings. The minimum absolute atomic E-state index is 0.0857. The van der Waals surface area contributed by atoms with Crippen molar-refractivity contribution in [3.05, 3.63) is 59.5 Å². The van der Waals surface area contributed by atoms with E-state index >= 15 is 0 Å². The zero-order chi connectivity index (χ0) is 17.6. The molecule has 0 spiro atoms. The Morgan fingerprint density at radius 1 is 1.12 bits per heavy atom. The highest BCUT2D eigenvalue weighted by molar-refractivity contribution is 5.90. The number of aryl methyl sites for hydroxylation is 1. The van der Waals surface area contributed by atoms with Gasteiger partial charge in [-0.3, -0.25) is 4.79 Å². The summed E-state index contributed by atoms with van der Waals surface area (Å²) in [5.41, 5.74) is 1.73. The quantitative estimate of drug-likeness (QED) is 0.837. The second-order valence-corrected chi connectivity index (χ2v) is 6.52. The second kappa shape index (κ2) is 8.01. The molecule has 1 saturated carbocycles. The number of rotatable bonds is 5. The highest BCUT2D eigenvalue weighted by Crippen LogP contribution is 2.23. The number of carbonyl (C=O) groups excluding carboxylic acids is 2. The number of ether oxygens (including phenoxy) is 1. The number of carbonyl (C=O) groups is 2. The molecule has 1 fully saturated rings. The first-order valence-corrected chi connectivity index (χ1v) is 8.75. The molecule has 1 aromatic carbocycles. The maximum Gasteiger partial charge on any atom is 0.375 e. The highest BCUT2D eigenvalue weighted by atomic mass is 16.6. The molecule has 0 saturated heterocycles. The molecular weight excluding hydrogens is 318 g/mol. The summed E-state index contributed by atoms with van der Waals surface area (Å²) in [5.74, 6) is -0.840. The van der Waals surface area contributed by atoms with Crippen molar-refractivity contribution >= 4 is 11.9 Å². The van der Waals surface area contributed by atoms with Crippen LogP contribution in [0.2, 0.25) is 0 Å². The predicted molar refractivity (Wildman–Crippen MR) is 93.1 cm³/mol. The normalized spacial score (nSPS) is 16.2. The Morgan fingerprint density at radius 2 is 1.84 bits per heavy atom. The average molecular weight is 341 g/mol. The number of nitrogens with one attached hydrogen (secondary N) is 1. The number of hydrogen-bond donors (Lipinski definition) is 1. The number of amides is 1. The van der Waals surface area contributed by atoms with E-state index in [1.807, 2.05) is 31.2 Å². The molecule has 5 heteroatoms. The number of esters is 1. The fourth-order valence-corrected chi connectivity index (χ4v) is 3.10. The summed E-state index contributed by atoms with van der Waals surface area (Å²) >= 11 is 0. The van der Waals surface area contributed by atoms with E-state index in [0.717, 1.165) is 31.2 Å². The van der Waals surface area contributed by atoms with Gasteiger partial charge in [0.05, 0.1) is 6.26 Å². The lowest BCUT2D eigenvalue weighted by atomic mass is 9.95. The van der Waals surface area contributed by atoms with Crippen molar-refractivity contribution in [2.24, 2.45) is 0 Å². The van der Waals surface area contributed by atoms with Crippen LogP contribution in [0.3, 0.4) is 0 Å². The number of benzene rings is 1. The van der Waals surface area contributed by atoms with Gasteiger partial charge in [-0.25, -0.2) is 4.79 Å². The predicted octanol–water partition coefficient (Wildman–Crippen LogP) is 3.94. The van der Waals surface area contributed by atoms with Crippen molar-refractivity contribution < 1.29 is 18.7 Å². The molecule has 0 bridgehead atoms. The third-order valence-electron chi connectivity index (χ3n) is 4.52. The first-order chi connectivity index (χ1) is 12.1. The summed E-state index contributed by atoms with van der Waals surface area (Å²) < 4.78 is 10.6. The van der Waals surface area contributed by atoms with Gasteiger partial charge in [0.15, 0.2) is 0 Å². The summed E-state index contributed by atoms with van der Waals surface area (Å²) in [7, 11) is 0. The van der Waals surface area contributed by atoms with Gasteiger partial charge in [-0.1, -0.05) is 49.1 Å². The van der Waals surface area contributed by atoms with Crippen molar-refractivity contribution in [2.75, 3.05) is 0 Å². The second-order valence-electron chi connectivity index (χ2n) is 6.52. The SMILES string of the molecule is Cc1ccc([C@H](OC(=O)c2ccco2)C(=O)NC2CCCCC2)cc1. The zero-order valence-corrected chi connectivity index (χ0v) is 14.4. The maximum atomic E-state index is 12.8. The molecule has 3 rings (SSSR count). The van der Waals surface area contributed by atoms with Gasteiger partial charge in [0.1, 0.15) is 0 Å². The Kier molecular flexibility index (Phi) is 5.53. The minimum atomic E-state index is -0.986.